The molecule has 4 fully saturated rings. The predicted molar refractivity (Wildman–Crippen MR) is 304 cm³/mol. The molecule has 4 aliphatic carbocycles. The van der Waals surface area contributed by atoms with Crippen LogP contribution in [-0.2, 0) is 10.8 Å². The van der Waals surface area contributed by atoms with E-state index in [1.807, 2.05) is 0 Å². The smallest absolute Gasteiger partial charge is 0.243 e. The highest BCUT2D eigenvalue weighted by molar-refractivity contribution is 7.00. The van der Waals surface area contributed by atoms with Crippen LogP contribution in [0.3, 0.4) is 0 Å². The van der Waals surface area contributed by atoms with Gasteiger partial charge in [-0.2, -0.15) is 0 Å². The van der Waals surface area contributed by atoms with E-state index in [4.69, 9.17) is 4.98 Å². The molecular weight excluding hydrogens is 852 g/mol. The van der Waals surface area contributed by atoms with Crippen molar-refractivity contribution in [2.75, 3.05) is 0 Å². The van der Waals surface area contributed by atoms with Crippen molar-refractivity contribution in [1.82, 2.24) is 4.98 Å². The second-order valence-electron chi connectivity index (χ2n) is 24.0. The van der Waals surface area contributed by atoms with E-state index in [-0.39, 0.29) is 17.5 Å². The third kappa shape index (κ3) is 6.99. The van der Waals surface area contributed by atoms with Crippen LogP contribution >= 0.6 is 0 Å². The van der Waals surface area contributed by atoms with Crippen molar-refractivity contribution in [1.29, 1.82) is 0 Å². The Morgan fingerprint density at radius 3 is 1.76 bits per heavy atom. The zero-order valence-electron chi connectivity index (χ0n) is 43.5. The van der Waals surface area contributed by atoms with E-state index >= 15 is 0 Å². The van der Waals surface area contributed by atoms with Crippen LogP contribution in [-0.4, -0.2) is 18.4 Å². The van der Waals surface area contributed by atoms with Crippen molar-refractivity contribution >= 4 is 46.2 Å². The molecule has 4 saturated carbocycles. The number of pyridine rings is 1. The molecule has 0 N–H and O–H groups in total. The molecule has 0 spiro atoms. The minimum atomic E-state index is 0.120. The number of fused-ring (bicyclic) bond motifs is 5. The summed E-state index contributed by atoms with van der Waals surface area (Å²) in [7, 11) is 0. The largest absolute Gasteiger partial charge is 0.248 e. The quantitative estimate of drug-likeness (QED) is 0.138. The second-order valence-corrected chi connectivity index (χ2v) is 24.0. The molecule has 350 valence electrons. The fraction of sp³-hybridized carbons (Fsp3) is 0.309. The van der Waals surface area contributed by atoms with Crippen molar-refractivity contribution in [3.63, 3.8) is 0 Å². The van der Waals surface area contributed by atoms with Crippen LogP contribution in [0.5, 0.6) is 0 Å². The fourth-order valence-electron chi connectivity index (χ4n) is 16.6. The molecule has 3 heteroatoms. The Bertz CT molecular complexity index is 3370. The van der Waals surface area contributed by atoms with E-state index < -0.39 is 0 Å². The molecular formula is C68H67B2N. The summed E-state index contributed by atoms with van der Waals surface area (Å²) < 4.78 is 0. The van der Waals surface area contributed by atoms with Gasteiger partial charge in [-0.1, -0.05) is 220 Å². The maximum Gasteiger partial charge on any atom is 0.243 e. The van der Waals surface area contributed by atoms with E-state index in [2.05, 4.69) is 208 Å². The molecule has 6 aliphatic rings. The van der Waals surface area contributed by atoms with Crippen LogP contribution in [0.25, 0.3) is 33.6 Å². The van der Waals surface area contributed by atoms with Gasteiger partial charge in [-0.15, -0.1) is 0 Å². The predicted octanol–water partition coefficient (Wildman–Crippen LogP) is 12.7. The molecule has 0 radical (unpaired) electrons. The standard InChI is InChI=1S/C68H67B2N/c1-40(2)58-33-53(34-59-47(9)55-18-13-19-57-56-17-10-11-20-60(56)70(65(55)57)66(58)59)68-37-48-31-49(38-68)36-67(35-48,39-68)52-25-23-50(24-26-52)61-21-14-22-62(71-61)51-15-12-16-54(32-51)69(63-43(5)27-41(3)28-44(63)6)64-45(7)29-42(4)30-46(64)8/h10-30,32-34,40,47-49H,31,35-39H2,1-9H3. The molecule has 3 heterocycles. The minimum absolute atomic E-state index is 0.120. The molecule has 4 bridgehead atoms. The number of rotatable bonds is 8. The van der Waals surface area contributed by atoms with E-state index in [0.717, 1.165) is 28.8 Å². The lowest BCUT2D eigenvalue weighted by atomic mass is 9.33. The highest BCUT2D eigenvalue weighted by Crippen LogP contribution is 2.66. The van der Waals surface area contributed by atoms with Crippen molar-refractivity contribution < 1.29 is 0 Å². The van der Waals surface area contributed by atoms with E-state index in [1.165, 1.54) is 110 Å². The third-order valence-corrected chi connectivity index (χ3v) is 18.9. The maximum absolute atomic E-state index is 5.43. The van der Waals surface area contributed by atoms with Crippen molar-refractivity contribution in [2.45, 2.75) is 124 Å². The van der Waals surface area contributed by atoms with Gasteiger partial charge in [0, 0.05) is 11.5 Å². The lowest BCUT2D eigenvalue weighted by Crippen LogP contribution is -2.58. The molecule has 0 amide bonds. The molecule has 3 unspecified atom stereocenters. The SMILES string of the molecule is Cc1cc(C)c(B(c2cccc(-c3cccc(-c4ccc(C56CC7CC(C5)CC(c5cc(C(C)C)c8c(c5)C(C)c5cccc9c5B8c5ccccc5-9)(C7)C6)cc4)n3)c2)c2c(C)cc(C)cc2C)c(C)c1. The van der Waals surface area contributed by atoms with E-state index in [9.17, 15) is 0 Å². The van der Waals surface area contributed by atoms with Crippen molar-refractivity contribution in [3.05, 3.63) is 207 Å². The number of aromatic nitrogens is 1. The van der Waals surface area contributed by atoms with Crippen LogP contribution < -0.4 is 32.8 Å². The van der Waals surface area contributed by atoms with Gasteiger partial charge >= 0.3 is 0 Å². The zero-order chi connectivity index (χ0) is 48.7. The van der Waals surface area contributed by atoms with Gasteiger partial charge in [0.2, 0.25) is 13.4 Å². The summed E-state index contributed by atoms with van der Waals surface area (Å²) in [6, 6.07) is 57.0. The van der Waals surface area contributed by atoms with Gasteiger partial charge < -0.3 is 0 Å². The van der Waals surface area contributed by atoms with Crippen LogP contribution in [0, 0.1) is 53.4 Å². The first-order valence-electron chi connectivity index (χ1n) is 27.0. The van der Waals surface area contributed by atoms with Crippen LogP contribution in [0.2, 0.25) is 0 Å². The first-order valence-corrected chi connectivity index (χ1v) is 27.0. The number of nitrogens with zero attached hydrogens (tertiary/aromatic N) is 1. The molecule has 0 saturated heterocycles. The zero-order valence-corrected chi connectivity index (χ0v) is 43.5. The van der Waals surface area contributed by atoms with Gasteiger partial charge in [-0.3, -0.25) is 0 Å². The summed E-state index contributed by atoms with van der Waals surface area (Å²) >= 11 is 0. The molecule has 2 aliphatic heterocycles. The molecule has 1 aromatic heterocycles. The Hall–Kier alpha value is -6.18. The van der Waals surface area contributed by atoms with Gasteiger partial charge in [0.25, 0.3) is 0 Å². The summed E-state index contributed by atoms with van der Waals surface area (Å²) in [5.41, 5.74) is 32.5. The Kier molecular flexibility index (Phi) is 10.4. The normalized spacial score (nSPS) is 22.2. The average Bonchev–Trinajstić information content (AvgIpc) is 3.69. The molecule has 1 nitrogen and oxygen atoms in total. The molecule has 7 aromatic carbocycles. The Labute approximate surface area is 424 Å². The average molecular weight is 920 g/mol. The fourth-order valence-corrected chi connectivity index (χ4v) is 16.6. The maximum atomic E-state index is 5.43. The van der Waals surface area contributed by atoms with Gasteiger partial charge in [0.15, 0.2) is 0 Å². The number of benzene rings is 7. The molecule has 8 aromatic rings. The Morgan fingerprint density at radius 2 is 1.11 bits per heavy atom. The van der Waals surface area contributed by atoms with E-state index in [1.54, 1.807) is 38.7 Å². The van der Waals surface area contributed by atoms with Gasteiger partial charge in [-0.25, -0.2) is 4.98 Å². The summed E-state index contributed by atoms with van der Waals surface area (Å²) in [6.45, 7) is 21.5. The van der Waals surface area contributed by atoms with Crippen LogP contribution in [0.15, 0.2) is 146 Å². The van der Waals surface area contributed by atoms with Crippen molar-refractivity contribution in [2.24, 2.45) is 11.8 Å². The number of aryl methyl sites for hydroxylation is 6. The minimum Gasteiger partial charge on any atom is -0.248 e. The third-order valence-electron chi connectivity index (χ3n) is 18.9. The summed E-state index contributed by atoms with van der Waals surface area (Å²) in [5.74, 6) is 2.40. The highest BCUT2D eigenvalue weighted by atomic mass is 14.7. The van der Waals surface area contributed by atoms with Crippen molar-refractivity contribution in [3.8, 4) is 33.6 Å². The Balaban J connectivity index is 0.834. The number of hydrogen-bond acceptors (Lipinski definition) is 1. The summed E-state index contributed by atoms with van der Waals surface area (Å²) in [4.78, 5) is 5.43. The molecule has 71 heavy (non-hydrogen) atoms. The first-order chi connectivity index (χ1) is 34.3. The summed E-state index contributed by atoms with van der Waals surface area (Å²) in [5, 5.41) is 0. The topological polar surface area (TPSA) is 12.9 Å². The van der Waals surface area contributed by atoms with Crippen LogP contribution in [0.1, 0.15) is 132 Å². The van der Waals surface area contributed by atoms with Gasteiger partial charge in [0.05, 0.1) is 11.4 Å². The lowest BCUT2D eigenvalue weighted by Gasteiger charge is -2.63. The Morgan fingerprint density at radius 1 is 0.535 bits per heavy atom. The monoisotopic (exact) mass is 920 g/mol. The molecule has 3 atom stereocenters. The van der Waals surface area contributed by atoms with Gasteiger partial charge in [0.1, 0.15) is 0 Å². The van der Waals surface area contributed by atoms with Crippen LogP contribution in [0.4, 0.5) is 0 Å². The first kappa shape index (κ1) is 44.7. The van der Waals surface area contributed by atoms with E-state index in [0.29, 0.717) is 18.5 Å². The lowest BCUT2D eigenvalue weighted by molar-refractivity contribution is -0.0281. The second kappa shape index (κ2) is 16.4. The number of hydrogen-bond donors (Lipinski definition) is 0. The van der Waals surface area contributed by atoms with Gasteiger partial charge in [-0.05, 0) is 165 Å². The summed E-state index contributed by atoms with van der Waals surface area (Å²) in [6.07, 6.45) is 8.00. The molecule has 14 rings (SSSR count). The highest BCUT2D eigenvalue weighted by Gasteiger charge is 2.59.